The predicted molar refractivity (Wildman–Crippen MR) is 69.0 cm³/mol. The van der Waals surface area contributed by atoms with Crippen LogP contribution in [0.25, 0.3) is 0 Å². The van der Waals surface area contributed by atoms with Crippen LogP contribution >= 0.6 is 0 Å². The van der Waals surface area contributed by atoms with E-state index in [0.29, 0.717) is 11.8 Å². The average Bonchev–Trinajstić information content (AvgIpc) is 2.63. The van der Waals surface area contributed by atoms with Gasteiger partial charge in [0.05, 0.1) is 0 Å². The number of hydrogen-bond donors (Lipinski definition) is 1. The van der Waals surface area contributed by atoms with Gasteiger partial charge in [-0.3, -0.25) is 0 Å². The molecule has 1 N–H and O–H groups in total. The Morgan fingerprint density at radius 3 is 2.65 bits per heavy atom. The second-order valence-corrected chi connectivity index (χ2v) is 7.30. The SMILES string of the molecule is C[C@@H]1[C@H]2CC[C@@H](C)[C@@H]3CC[C@]4(C)OO[C@@]23[C@@H](O[C@@H]1O)O4. The van der Waals surface area contributed by atoms with Crippen LogP contribution in [0.5, 0.6) is 0 Å². The molecule has 114 valence electrons. The molecule has 1 saturated carbocycles. The van der Waals surface area contributed by atoms with Crippen molar-refractivity contribution in [1.82, 2.24) is 0 Å². The van der Waals surface area contributed by atoms with Gasteiger partial charge >= 0.3 is 0 Å². The molecule has 4 heterocycles. The Bertz CT molecular complexity index is 411. The molecule has 4 saturated heterocycles. The fraction of sp³-hybridized carbons (Fsp3) is 1.00. The van der Waals surface area contributed by atoms with Crippen LogP contribution in [0.4, 0.5) is 0 Å². The van der Waals surface area contributed by atoms with Crippen LogP contribution in [0, 0.1) is 23.7 Å². The van der Waals surface area contributed by atoms with Gasteiger partial charge in [0.2, 0.25) is 5.79 Å². The van der Waals surface area contributed by atoms with E-state index >= 15 is 0 Å². The van der Waals surface area contributed by atoms with Crippen molar-refractivity contribution in [3.05, 3.63) is 0 Å². The molecule has 5 rings (SSSR count). The molecular formula is C15H24O5. The van der Waals surface area contributed by atoms with E-state index in [9.17, 15) is 5.11 Å². The van der Waals surface area contributed by atoms with Crippen molar-refractivity contribution in [3.8, 4) is 0 Å². The van der Waals surface area contributed by atoms with Crippen LogP contribution in [0.3, 0.4) is 0 Å². The van der Waals surface area contributed by atoms with Crippen molar-refractivity contribution < 1.29 is 24.4 Å². The molecular weight excluding hydrogens is 260 g/mol. The Hall–Kier alpha value is -0.200. The van der Waals surface area contributed by atoms with E-state index in [0.717, 1.165) is 19.3 Å². The van der Waals surface area contributed by atoms with E-state index in [1.807, 2.05) is 13.8 Å². The first-order valence-electron chi connectivity index (χ1n) is 7.84. The van der Waals surface area contributed by atoms with E-state index in [1.54, 1.807) is 0 Å². The summed E-state index contributed by atoms with van der Waals surface area (Å²) in [4.78, 5) is 11.6. The zero-order valence-electron chi connectivity index (χ0n) is 12.4. The fourth-order valence-electron chi connectivity index (χ4n) is 4.89. The third kappa shape index (κ3) is 1.56. The molecule has 20 heavy (non-hydrogen) atoms. The first kappa shape index (κ1) is 13.5. The van der Waals surface area contributed by atoms with Gasteiger partial charge in [-0.25, -0.2) is 9.78 Å². The summed E-state index contributed by atoms with van der Waals surface area (Å²) in [7, 11) is 0. The smallest absolute Gasteiger partial charge is 0.201 e. The summed E-state index contributed by atoms with van der Waals surface area (Å²) < 4.78 is 11.9. The highest BCUT2D eigenvalue weighted by molar-refractivity contribution is 5.08. The maximum atomic E-state index is 10.2. The van der Waals surface area contributed by atoms with Crippen LogP contribution in [-0.4, -0.2) is 29.1 Å². The average molecular weight is 284 g/mol. The van der Waals surface area contributed by atoms with E-state index in [-0.39, 0.29) is 11.8 Å². The largest absolute Gasteiger partial charge is 0.368 e. The lowest BCUT2D eigenvalue weighted by atomic mass is 9.58. The summed E-state index contributed by atoms with van der Waals surface area (Å²) in [5.41, 5.74) is -0.549. The van der Waals surface area contributed by atoms with Gasteiger partial charge in [0.25, 0.3) is 0 Å². The number of rotatable bonds is 0. The molecule has 0 amide bonds. The van der Waals surface area contributed by atoms with Crippen LogP contribution < -0.4 is 0 Å². The predicted octanol–water partition coefficient (Wildman–Crippen LogP) is 2.19. The van der Waals surface area contributed by atoms with Crippen molar-refractivity contribution in [2.45, 2.75) is 70.4 Å². The van der Waals surface area contributed by atoms with Crippen LogP contribution in [0.1, 0.15) is 46.5 Å². The molecule has 8 atom stereocenters. The molecule has 4 aliphatic heterocycles. The van der Waals surface area contributed by atoms with Crippen LogP contribution in [0.15, 0.2) is 0 Å². The quantitative estimate of drug-likeness (QED) is 0.691. The Kier molecular flexibility index (Phi) is 2.81. The van der Waals surface area contributed by atoms with Gasteiger partial charge < -0.3 is 14.6 Å². The summed E-state index contributed by atoms with van der Waals surface area (Å²) in [5.74, 6) is 0.437. The minimum atomic E-state index is -0.781. The maximum absolute atomic E-state index is 10.2. The molecule has 1 aliphatic carbocycles. The molecule has 0 radical (unpaired) electrons. The monoisotopic (exact) mass is 284 g/mol. The number of hydrogen-bond acceptors (Lipinski definition) is 5. The highest BCUT2D eigenvalue weighted by Crippen LogP contribution is 2.60. The zero-order valence-corrected chi connectivity index (χ0v) is 12.4. The normalized spacial score (nSPS) is 61.8. The van der Waals surface area contributed by atoms with Crippen molar-refractivity contribution in [3.63, 3.8) is 0 Å². The van der Waals surface area contributed by atoms with E-state index in [2.05, 4.69) is 6.92 Å². The number of fused-ring (bicyclic) bond motifs is 2. The first-order valence-corrected chi connectivity index (χ1v) is 7.84. The maximum Gasteiger partial charge on any atom is 0.201 e. The van der Waals surface area contributed by atoms with Gasteiger partial charge in [-0.1, -0.05) is 13.8 Å². The molecule has 0 aromatic rings. The van der Waals surface area contributed by atoms with Gasteiger partial charge in [0.15, 0.2) is 18.2 Å². The molecule has 5 heteroatoms. The number of aliphatic hydroxyl groups is 1. The Balaban J connectivity index is 1.82. The topological polar surface area (TPSA) is 57.2 Å². The Morgan fingerprint density at radius 2 is 1.85 bits per heavy atom. The molecule has 0 unspecified atom stereocenters. The third-order valence-electron chi connectivity index (χ3n) is 6.12. The van der Waals surface area contributed by atoms with Gasteiger partial charge in [0.1, 0.15) is 0 Å². The van der Waals surface area contributed by atoms with Crippen molar-refractivity contribution in [2.75, 3.05) is 0 Å². The van der Waals surface area contributed by atoms with Crippen molar-refractivity contribution in [2.24, 2.45) is 23.7 Å². The zero-order chi connectivity index (χ0) is 14.1. The second kappa shape index (κ2) is 4.17. The standard InChI is InChI=1S/C15H24O5/c1-8-4-5-11-9(2)12(16)17-13-15(11)10(8)6-7-14(3,18-13)19-20-15/h8-13,16H,4-7H2,1-3H3/t8-,9-,10+,11-,12+,13+,14+,15-/m1/s1. The lowest BCUT2D eigenvalue weighted by Crippen LogP contribution is -2.70. The van der Waals surface area contributed by atoms with Crippen molar-refractivity contribution >= 4 is 0 Å². The number of aliphatic hydroxyl groups excluding tert-OH is 1. The highest BCUT2D eigenvalue weighted by atomic mass is 17.3. The summed E-state index contributed by atoms with van der Waals surface area (Å²) in [6.07, 6.45) is 2.72. The molecule has 5 aliphatic rings. The van der Waals surface area contributed by atoms with E-state index in [1.165, 1.54) is 6.42 Å². The molecule has 1 spiro atoms. The van der Waals surface area contributed by atoms with Gasteiger partial charge in [0, 0.05) is 18.3 Å². The summed E-state index contributed by atoms with van der Waals surface area (Å²) >= 11 is 0. The van der Waals surface area contributed by atoms with Gasteiger partial charge in [-0.15, -0.1) is 0 Å². The van der Waals surface area contributed by atoms with Crippen molar-refractivity contribution in [1.29, 1.82) is 0 Å². The van der Waals surface area contributed by atoms with Crippen LogP contribution in [0.2, 0.25) is 0 Å². The Labute approximate surface area is 119 Å². The van der Waals surface area contributed by atoms with E-state index < -0.39 is 24.0 Å². The lowest BCUT2D eigenvalue weighted by molar-refractivity contribution is -0.576. The minimum Gasteiger partial charge on any atom is -0.368 e. The minimum absolute atomic E-state index is 0.0379. The fourth-order valence-corrected chi connectivity index (χ4v) is 4.89. The molecule has 0 aromatic heterocycles. The van der Waals surface area contributed by atoms with E-state index in [4.69, 9.17) is 19.2 Å². The first-order chi connectivity index (χ1) is 9.46. The summed E-state index contributed by atoms with van der Waals surface area (Å²) in [5, 5.41) is 10.2. The second-order valence-electron chi connectivity index (χ2n) is 7.30. The van der Waals surface area contributed by atoms with Gasteiger partial charge in [-0.2, -0.15) is 0 Å². The molecule has 5 fully saturated rings. The number of ether oxygens (including phenoxy) is 2. The summed E-state index contributed by atoms with van der Waals surface area (Å²) in [6, 6.07) is 0. The summed E-state index contributed by atoms with van der Waals surface area (Å²) in [6.45, 7) is 6.22. The molecule has 0 aromatic carbocycles. The van der Waals surface area contributed by atoms with Crippen LogP contribution in [-0.2, 0) is 19.2 Å². The highest BCUT2D eigenvalue weighted by Gasteiger charge is 2.69. The third-order valence-corrected chi connectivity index (χ3v) is 6.12. The van der Waals surface area contributed by atoms with Gasteiger partial charge in [-0.05, 0) is 38.0 Å². The molecule has 2 bridgehead atoms. The Morgan fingerprint density at radius 1 is 1.05 bits per heavy atom. The lowest BCUT2D eigenvalue weighted by Gasteiger charge is -2.59. The molecule has 5 nitrogen and oxygen atoms in total.